The molecule has 0 fully saturated rings. The number of carbonyl (C=O) groups excluding carboxylic acids is 6. The predicted molar refractivity (Wildman–Crippen MR) is 555 cm³/mol. The van der Waals surface area contributed by atoms with Crippen molar-refractivity contribution < 1.29 is 68.1 Å². The lowest BCUT2D eigenvalue weighted by atomic mass is 9.88. The molecule has 6 N–H and O–H groups in total. The monoisotopic (exact) mass is 1890 g/mol. The Hall–Kier alpha value is -12.8. The second kappa shape index (κ2) is 65.8. The summed E-state index contributed by atoms with van der Waals surface area (Å²) in [5, 5.41) is 51.2. The van der Waals surface area contributed by atoms with Gasteiger partial charge in [-0.25, -0.2) is 9.59 Å². The van der Waals surface area contributed by atoms with Gasteiger partial charge in [-0.3, -0.25) is 39.4 Å². The second-order valence-corrected chi connectivity index (χ2v) is 35.9. The van der Waals surface area contributed by atoms with E-state index in [1.54, 1.807) is 54.5 Å². The molecular formula is C113H146ClN7O16. The topological polar surface area (TPSA) is 325 Å². The summed E-state index contributed by atoms with van der Waals surface area (Å²) in [4.78, 5) is 95.2. The Bertz CT molecular complexity index is 5040. The van der Waals surface area contributed by atoms with Crippen LogP contribution in [-0.4, -0.2) is 191 Å². The van der Waals surface area contributed by atoms with Crippen LogP contribution in [0.4, 0.5) is 11.4 Å². The maximum absolute atomic E-state index is 13.0. The summed E-state index contributed by atoms with van der Waals surface area (Å²) < 4.78 is 15.5. The number of nitrogens with two attached hydrogens (primary N) is 1. The smallest absolute Gasteiger partial charge is 0.342 e. The molecule has 0 radical (unpaired) electrons. The molecule has 0 unspecified atom stereocenters. The summed E-state index contributed by atoms with van der Waals surface area (Å²) in [6, 6.07) is 96.0. The number of rotatable bonds is 38. The number of esters is 3. The third kappa shape index (κ3) is 54.5. The maximum Gasteiger partial charge on any atom is 0.342 e. The third-order valence-corrected chi connectivity index (χ3v) is 20.5. The molecule has 137 heavy (non-hydrogen) atoms. The molecule has 10 aromatic rings. The molecular weight excluding hydrogens is 1750 g/mol. The minimum atomic E-state index is -0.877. The van der Waals surface area contributed by atoms with Gasteiger partial charge in [-0.05, 0) is 226 Å². The third-order valence-electron chi connectivity index (χ3n) is 19.9. The lowest BCUT2D eigenvalue weighted by Crippen LogP contribution is -2.41. The number of nitrogens with one attached hydrogen (secondary N) is 1. The predicted octanol–water partition coefficient (Wildman–Crippen LogP) is 21.6. The summed E-state index contributed by atoms with van der Waals surface area (Å²) in [6.07, 6.45) is 6.80. The number of aliphatic hydroxyl groups excluding tert-OH is 1. The van der Waals surface area contributed by atoms with Gasteiger partial charge in [0, 0.05) is 91.0 Å². The fourth-order valence-corrected chi connectivity index (χ4v) is 14.2. The highest BCUT2D eigenvalue weighted by molar-refractivity contribution is 6.20. The number of methoxy groups -OCH3 is 1. The van der Waals surface area contributed by atoms with Crippen LogP contribution >= 0.6 is 11.6 Å². The Balaban J connectivity index is 0.000000569. The number of ether oxygens (including phenoxy) is 3. The zero-order valence-corrected chi connectivity index (χ0v) is 84.0. The molecule has 736 valence electrons. The number of benzene rings is 10. The van der Waals surface area contributed by atoms with Crippen molar-refractivity contribution in [1.82, 2.24) is 20.0 Å². The van der Waals surface area contributed by atoms with Gasteiger partial charge in [0.05, 0.1) is 34.0 Å². The lowest BCUT2D eigenvalue weighted by molar-refractivity contribution is -0.385. The second-order valence-electron chi connectivity index (χ2n) is 35.7. The quantitative estimate of drug-likeness (QED) is 0.00229. The molecule has 0 atom stereocenters. The van der Waals surface area contributed by atoms with E-state index in [1.165, 1.54) is 120 Å². The first-order valence-electron chi connectivity index (χ1n) is 45.5. The lowest BCUT2D eigenvalue weighted by Gasteiger charge is -2.31. The highest BCUT2D eigenvalue weighted by atomic mass is 35.5. The number of ketones is 2. The van der Waals surface area contributed by atoms with Gasteiger partial charge in [0.25, 0.3) is 11.4 Å². The number of hydrogen-bond acceptors (Lipinski definition) is 21. The molecule has 0 saturated heterocycles. The van der Waals surface area contributed by atoms with Crippen LogP contribution in [0.1, 0.15) is 206 Å². The number of nitro benzene ring substituents is 2. The Morgan fingerprint density at radius 3 is 1.00 bits per heavy atom. The Labute approximate surface area is 818 Å². The van der Waals surface area contributed by atoms with Gasteiger partial charge in [0.15, 0.2) is 5.78 Å². The van der Waals surface area contributed by atoms with Gasteiger partial charge in [0.1, 0.15) is 35.3 Å². The number of alkyl halides is 1. The normalized spacial score (nSPS) is 11.2. The maximum atomic E-state index is 13.0. The van der Waals surface area contributed by atoms with Crippen molar-refractivity contribution in [3.8, 4) is 0 Å². The molecule has 0 spiro atoms. The largest absolute Gasteiger partial charge is 0.466 e. The van der Waals surface area contributed by atoms with Crippen molar-refractivity contribution in [2.24, 2.45) is 5.73 Å². The van der Waals surface area contributed by atoms with Crippen LogP contribution < -0.4 is 11.1 Å². The van der Waals surface area contributed by atoms with E-state index < -0.39 is 55.9 Å². The number of nitro groups is 2. The number of aliphatic hydroxyl groups is 3. The van der Waals surface area contributed by atoms with Crippen molar-refractivity contribution in [3.63, 3.8) is 0 Å². The zero-order valence-electron chi connectivity index (χ0n) is 83.3. The number of carbonyl (C=O) groups is 6. The number of nitrogens with zero attached hydrogens (tertiary/aromatic N) is 5. The van der Waals surface area contributed by atoms with Gasteiger partial charge < -0.3 is 55.3 Å². The molecule has 24 heteroatoms. The van der Waals surface area contributed by atoms with Crippen LogP contribution in [0.5, 0.6) is 0 Å². The number of likely N-dealkylation sites (N-methyl/N-ethyl adjacent to an activating group) is 3. The molecule has 0 saturated carbocycles. The van der Waals surface area contributed by atoms with Gasteiger partial charge in [-0.2, -0.15) is 0 Å². The average Bonchev–Trinajstić information content (AvgIpc) is 0.952. The fourth-order valence-electron chi connectivity index (χ4n) is 14.2. The summed E-state index contributed by atoms with van der Waals surface area (Å²) in [5.41, 5.74) is 15.9. The van der Waals surface area contributed by atoms with E-state index in [-0.39, 0.29) is 41.2 Å². The van der Waals surface area contributed by atoms with Gasteiger partial charge in [0.2, 0.25) is 0 Å². The van der Waals surface area contributed by atoms with Gasteiger partial charge in [-0.15, -0.1) is 17.3 Å². The SMILES string of the molecule is C=C=C.CC(=O)/C(=C\c1cccc([N+](=O)[O-])c1)C(=O)OC(C)(C)CN(C)CCC(c1ccccc1)c1ccccc1.CC(=O)CC(=O)OC(C)(C)CN(C)CCC(c1ccccc1)c1ccccc1.CC(C)(O)CCl.CC(C)O.CN(CCC(c1ccccc1)c1ccccc1)CC(C)(C)O.CNCCC(c1ccccc1)c1ccccc1.COC(=O)/C=C(\C)N.O=Cc1cccc([N+](=O)[O-])c1. The first kappa shape index (κ1) is 120. The number of allylic oxidation sites excluding steroid dienone is 1. The Morgan fingerprint density at radius 1 is 0.482 bits per heavy atom. The standard InChI is InChI=1S/C31H34N2O5.C24H31NO3.C20H27NO.C16H19N.C7H5NO3.C5H9NO2.C4H9ClO.C3H8O.C3H4/c1-23(34)29(21-24-12-11-17-27(20-24)33(36)37)30(35)38-31(2,3)22-32(4)19-18-28(25-13-7-5-8-14-25)26-15-9-6-10-16-26;1-19(26)17-23(27)28-24(2,3)18-25(4)16-15-22(20-11-7-5-8-12-20)21-13-9-6-10-14-21;1-20(2,22)16-21(3)15-14-19(17-10-6-4-7-11-17)18-12-8-5-9-13-18;1-17-13-12-16(14-8-4-2-5-9-14)15-10-6-3-7-11-15;9-5-6-2-1-3-7(4-6)8(10)11;1-4(6)3-5(7)8-2;1-4(2,6)3-5;1-3(2)4;1-3-2/h5-17,20-21,28H,18-19,22H2,1-4H3;5-14,22H,15-18H2,1-4H3;4-13,19,22H,14-16H2,1-3H3;2-11,16-17H,12-13H2,1H3;1-5H;3H,6H2,1-2H3;6H,3H2,1-2H3;3-4H,1-2H3;1-2H2/b29-21+;;;;;4-3+;;;. The summed E-state index contributed by atoms with van der Waals surface area (Å²) >= 11 is 5.23. The molecule has 23 nitrogen and oxygen atoms in total. The van der Waals surface area contributed by atoms with E-state index in [0.717, 1.165) is 51.9 Å². The van der Waals surface area contributed by atoms with Gasteiger partial charge >= 0.3 is 17.9 Å². The van der Waals surface area contributed by atoms with Gasteiger partial charge in [-0.1, -0.05) is 280 Å². The van der Waals surface area contributed by atoms with E-state index in [1.807, 2.05) is 97.4 Å². The van der Waals surface area contributed by atoms with Crippen molar-refractivity contribution in [1.29, 1.82) is 0 Å². The van der Waals surface area contributed by atoms with Crippen molar-refractivity contribution in [3.05, 3.63) is 403 Å². The highest BCUT2D eigenvalue weighted by Gasteiger charge is 2.31. The molecule has 0 amide bonds. The molecule has 0 aromatic heterocycles. The molecule has 0 aliphatic heterocycles. The Morgan fingerprint density at radius 2 is 0.759 bits per heavy atom. The minimum Gasteiger partial charge on any atom is -0.466 e. The van der Waals surface area contributed by atoms with E-state index in [0.29, 0.717) is 66.4 Å². The highest BCUT2D eigenvalue weighted by Crippen LogP contribution is 2.33. The van der Waals surface area contributed by atoms with E-state index in [4.69, 9.17) is 37.0 Å². The molecule has 10 rings (SSSR count). The zero-order chi connectivity index (χ0) is 103. The molecule has 0 bridgehead atoms. The number of halogens is 1. The molecule has 0 aliphatic carbocycles. The molecule has 0 aliphatic rings. The van der Waals surface area contributed by atoms with Crippen LogP contribution in [0.3, 0.4) is 0 Å². The first-order valence-corrected chi connectivity index (χ1v) is 46.0. The van der Waals surface area contributed by atoms with Crippen molar-refractivity contribution in [2.75, 3.05) is 87.0 Å². The van der Waals surface area contributed by atoms with Crippen LogP contribution in [0, 0.1) is 20.2 Å². The van der Waals surface area contributed by atoms with Crippen LogP contribution in [0.2, 0.25) is 0 Å². The number of Topliss-reactive ketones (excluding diaryl/α,β-unsaturated/α-hetero) is 2. The number of non-ortho nitro benzene ring substituents is 2. The summed E-state index contributed by atoms with van der Waals surface area (Å²) in [7, 11) is 9.40. The van der Waals surface area contributed by atoms with E-state index in [2.05, 4.69) is 245 Å². The first-order chi connectivity index (χ1) is 64.8. The van der Waals surface area contributed by atoms with E-state index >= 15 is 0 Å². The van der Waals surface area contributed by atoms with Crippen molar-refractivity contribution in [2.45, 2.75) is 174 Å². The minimum absolute atomic E-state index is 0.0606. The average molecular weight is 1890 g/mol. The number of aldehydes is 1. The van der Waals surface area contributed by atoms with E-state index in [9.17, 15) is 54.1 Å². The van der Waals surface area contributed by atoms with Crippen LogP contribution in [0.15, 0.2) is 327 Å². The molecule has 10 aromatic carbocycles. The summed E-state index contributed by atoms with van der Waals surface area (Å²) in [5.74, 6) is -0.553. The summed E-state index contributed by atoms with van der Waals surface area (Å²) in [6.45, 7) is 33.8. The Kier molecular flexibility index (Phi) is 57.8. The number of hydrogen-bond donors (Lipinski definition) is 5. The van der Waals surface area contributed by atoms with Crippen LogP contribution in [0.25, 0.3) is 6.08 Å². The fraction of sp³-hybridized carbons (Fsp3) is 0.354. The van der Waals surface area contributed by atoms with Crippen LogP contribution in [-0.2, 0) is 38.2 Å². The molecule has 0 heterocycles. The van der Waals surface area contributed by atoms with Crippen molar-refractivity contribution >= 4 is 64.8 Å².